The topological polar surface area (TPSA) is 93.7 Å². The van der Waals surface area contributed by atoms with Gasteiger partial charge < -0.3 is 20.1 Å². The van der Waals surface area contributed by atoms with E-state index in [1.807, 2.05) is 0 Å². The maximum atomic E-state index is 12.1. The molecule has 0 bridgehead atoms. The van der Waals surface area contributed by atoms with E-state index >= 15 is 0 Å². The lowest BCUT2D eigenvalue weighted by atomic mass is 9.87. The lowest BCUT2D eigenvalue weighted by Crippen LogP contribution is -2.31. The summed E-state index contributed by atoms with van der Waals surface area (Å²) in [6, 6.07) is 6.24. The Morgan fingerprint density at radius 3 is 2.36 bits per heavy atom. The third kappa shape index (κ3) is 7.98. The van der Waals surface area contributed by atoms with Gasteiger partial charge in [-0.15, -0.1) is 0 Å². The predicted octanol–water partition coefficient (Wildman–Crippen LogP) is 3.43. The SMILES string of the molecule is CCOC(=O)Oc1ccc(C(=O)NCCCNC(=O)CC2CCCCC2)cc1. The zero-order chi connectivity index (χ0) is 20.2. The molecule has 2 amide bonds. The third-order valence-corrected chi connectivity index (χ3v) is 4.74. The molecule has 0 atom stereocenters. The first-order valence-corrected chi connectivity index (χ1v) is 10.1. The highest BCUT2D eigenvalue weighted by atomic mass is 16.7. The van der Waals surface area contributed by atoms with Gasteiger partial charge in [-0.3, -0.25) is 9.59 Å². The Bertz CT molecular complexity index is 639. The number of carbonyl (C=O) groups excluding carboxylic acids is 3. The zero-order valence-electron chi connectivity index (χ0n) is 16.5. The van der Waals surface area contributed by atoms with Crippen molar-refractivity contribution in [2.24, 2.45) is 5.92 Å². The van der Waals surface area contributed by atoms with Gasteiger partial charge in [0, 0.05) is 25.1 Å². The molecule has 154 valence electrons. The summed E-state index contributed by atoms with van der Waals surface area (Å²) in [6.07, 6.45) is 6.60. The average molecular weight is 390 g/mol. The number of rotatable bonds is 9. The van der Waals surface area contributed by atoms with Crippen molar-refractivity contribution in [2.75, 3.05) is 19.7 Å². The van der Waals surface area contributed by atoms with Crippen LogP contribution >= 0.6 is 0 Å². The van der Waals surface area contributed by atoms with Crippen molar-refractivity contribution in [3.63, 3.8) is 0 Å². The smallest absolute Gasteiger partial charge is 0.434 e. The summed E-state index contributed by atoms with van der Waals surface area (Å²) in [5.74, 6) is 0.742. The number of hydrogen-bond donors (Lipinski definition) is 2. The average Bonchev–Trinajstić information content (AvgIpc) is 2.69. The molecule has 0 radical (unpaired) electrons. The molecule has 1 aliphatic rings. The molecule has 28 heavy (non-hydrogen) atoms. The Morgan fingerprint density at radius 1 is 1.00 bits per heavy atom. The van der Waals surface area contributed by atoms with E-state index in [-0.39, 0.29) is 18.4 Å². The van der Waals surface area contributed by atoms with E-state index in [2.05, 4.69) is 15.4 Å². The number of carbonyl (C=O) groups is 3. The summed E-state index contributed by atoms with van der Waals surface area (Å²) in [7, 11) is 0. The van der Waals surface area contributed by atoms with E-state index in [4.69, 9.17) is 4.74 Å². The van der Waals surface area contributed by atoms with Crippen LogP contribution in [0, 0.1) is 5.92 Å². The lowest BCUT2D eigenvalue weighted by Gasteiger charge is -2.20. The molecule has 7 heteroatoms. The van der Waals surface area contributed by atoms with Gasteiger partial charge in [0.2, 0.25) is 5.91 Å². The Labute approximate surface area is 166 Å². The summed E-state index contributed by atoms with van der Waals surface area (Å²) in [5.41, 5.74) is 0.470. The van der Waals surface area contributed by atoms with Gasteiger partial charge in [-0.2, -0.15) is 0 Å². The quantitative estimate of drug-likeness (QED) is 0.383. The van der Waals surface area contributed by atoms with Crippen LogP contribution in [0.1, 0.15) is 62.2 Å². The molecule has 0 saturated heterocycles. The fourth-order valence-corrected chi connectivity index (χ4v) is 3.26. The summed E-state index contributed by atoms with van der Waals surface area (Å²) >= 11 is 0. The fourth-order valence-electron chi connectivity index (χ4n) is 3.26. The first-order valence-electron chi connectivity index (χ1n) is 10.1. The molecule has 0 unspecified atom stereocenters. The molecule has 1 aromatic carbocycles. The monoisotopic (exact) mass is 390 g/mol. The molecule has 0 spiro atoms. The Balaban J connectivity index is 1.60. The summed E-state index contributed by atoms with van der Waals surface area (Å²) in [4.78, 5) is 35.3. The van der Waals surface area contributed by atoms with E-state index in [1.54, 1.807) is 19.1 Å². The number of benzene rings is 1. The zero-order valence-corrected chi connectivity index (χ0v) is 16.5. The summed E-state index contributed by atoms with van der Waals surface area (Å²) < 4.78 is 9.63. The van der Waals surface area contributed by atoms with Crippen LogP contribution in [0.15, 0.2) is 24.3 Å². The Hall–Kier alpha value is -2.57. The molecule has 1 aliphatic carbocycles. The molecule has 2 N–H and O–H groups in total. The second-order valence-electron chi connectivity index (χ2n) is 6.98. The van der Waals surface area contributed by atoms with E-state index in [0.29, 0.717) is 43.2 Å². The summed E-state index contributed by atoms with van der Waals surface area (Å²) in [6.45, 7) is 2.96. The second kappa shape index (κ2) is 12.0. The number of hydrogen-bond acceptors (Lipinski definition) is 5. The van der Waals surface area contributed by atoms with Gasteiger partial charge in [0.05, 0.1) is 6.61 Å². The van der Waals surface area contributed by atoms with Crippen LogP contribution in [-0.4, -0.2) is 37.7 Å². The maximum Gasteiger partial charge on any atom is 0.513 e. The van der Waals surface area contributed by atoms with Crippen LogP contribution in [0.25, 0.3) is 0 Å². The highest BCUT2D eigenvalue weighted by Gasteiger charge is 2.16. The molecule has 0 aliphatic heterocycles. The van der Waals surface area contributed by atoms with Crippen LogP contribution in [0.4, 0.5) is 4.79 Å². The number of nitrogens with one attached hydrogen (secondary N) is 2. The largest absolute Gasteiger partial charge is 0.513 e. The van der Waals surface area contributed by atoms with Gasteiger partial charge in [0.15, 0.2) is 0 Å². The lowest BCUT2D eigenvalue weighted by molar-refractivity contribution is -0.122. The first kappa shape index (κ1) is 21.7. The van der Waals surface area contributed by atoms with Crippen molar-refractivity contribution in [1.82, 2.24) is 10.6 Å². The molecule has 1 aromatic rings. The fraction of sp³-hybridized carbons (Fsp3) is 0.571. The first-order chi connectivity index (χ1) is 13.6. The van der Waals surface area contributed by atoms with Crippen LogP contribution in [-0.2, 0) is 9.53 Å². The van der Waals surface area contributed by atoms with E-state index in [0.717, 1.165) is 12.8 Å². The standard InChI is InChI=1S/C21H30N2O5/c1-2-27-21(26)28-18-11-9-17(10-12-18)20(25)23-14-6-13-22-19(24)15-16-7-4-3-5-8-16/h9-12,16H,2-8,13-15H2,1H3,(H,22,24)(H,23,25). The van der Waals surface area contributed by atoms with Gasteiger partial charge in [0.1, 0.15) is 5.75 Å². The van der Waals surface area contributed by atoms with Gasteiger partial charge in [0.25, 0.3) is 5.91 Å². The molecular formula is C21H30N2O5. The predicted molar refractivity (Wildman–Crippen MR) is 105 cm³/mol. The second-order valence-corrected chi connectivity index (χ2v) is 6.98. The van der Waals surface area contributed by atoms with Gasteiger partial charge in [-0.1, -0.05) is 19.3 Å². The van der Waals surface area contributed by atoms with Gasteiger partial charge >= 0.3 is 6.16 Å². The van der Waals surface area contributed by atoms with Crippen molar-refractivity contribution in [2.45, 2.75) is 51.9 Å². The van der Waals surface area contributed by atoms with Gasteiger partial charge in [-0.05, 0) is 56.4 Å². The minimum absolute atomic E-state index is 0.107. The highest BCUT2D eigenvalue weighted by Crippen LogP contribution is 2.25. The van der Waals surface area contributed by atoms with Crippen molar-refractivity contribution in [1.29, 1.82) is 0 Å². The number of amides is 2. The summed E-state index contributed by atoms with van der Waals surface area (Å²) in [5, 5.41) is 5.74. The van der Waals surface area contributed by atoms with Crippen LogP contribution in [0.2, 0.25) is 0 Å². The van der Waals surface area contributed by atoms with E-state index in [1.165, 1.54) is 31.4 Å². The van der Waals surface area contributed by atoms with Crippen molar-refractivity contribution in [3.8, 4) is 5.75 Å². The minimum atomic E-state index is -0.773. The van der Waals surface area contributed by atoms with Crippen LogP contribution in [0.3, 0.4) is 0 Å². The molecule has 1 fully saturated rings. The Kier molecular flexibility index (Phi) is 9.31. The molecule has 0 heterocycles. The van der Waals surface area contributed by atoms with Gasteiger partial charge in [-0.25, -0.2) is 4.79 Å². The minimum Gasteiger partial charge on any atom is -0.434 e. The van der Waals surface area contributed by atoms with E-state index in [9.17, 15) is 14.4 Å². The maximum absolute atomic E-state index is 12.1. The number of ether oxygens (including phenoxy) is 2. The molecule has 1 saturated carbocycles. The van der Waals surface area contributed by atoms with Crippen molar-refractivity contribution >= 4 is 18.0 Å². The highest BCUT2D eigenvalue weighted by molar-refractivity contribution is 5.94. The molecule has 7 nitrogen and oxygen atoms in total. The molecule has 2 rings (SSSR count). The third-order valence-electron chi connectivity index (χ3n) is 4.74. The molecular weight excluding hydrogens is 360 g/mol. The normalized spacial score (nSPS) is 14.2. The van der Waals surface area contributed by atoms with Crippen molar-refractivity contribution in [3.05, 3.63) is 29.8 Å². The van der Waals surface area contributed by atoms with Crippen LogP contribution in [0.5, 0.6) is 5.75 Å². The van der Waals surface area contributed by atoms with Crippen LogP contribution < -0.4 is 15.4 Å². The molecule has 0 aromatic heterocycles. The van der Waals surface area contributed by atoms with E-state index < -0.39 is 6.16 Å². The van der Waals surface area contributed by atoms with Crippen molar-refractivity contribution < 1.29 is 23.9 Å². The Morgan fingerprint density at radius 2 is 1.68 bits per heavy atom.